The molecule has 0 amide bonds. The number of aliphatic carboxylic acids is 1. The molecule has 0 spiro atoms. The third-order valence-corrected chi connectivity index (χ3v) is 2.01. The molecular formula is C9H12O4. The minimum Gasteiger partial charge on any atom is -0.481 e. The van der Waals surface area contributed by atoms with E-state index in [4.69, 9.17) is 5.11 Å². The zero-order valence-corrected chi connectivity index (χ0v) is 7.27. The topological polar surface area (TPSA) is 77.8 Å². The van der Waals surface area contributed by atoms with Crippen LogP contribution in [0.3, 0.4) is 0 Å². The van der Waals surface area contributed by atoms with Crippen molar-refractivity contribution in [3.8, 4) is 0 Å². The van der Waals surface area contributed by atoms with Crippen LogP contribution in [0.25, 0.3) is 0 Å². The molecule has 0 aromatic rings. The molecule has 1 aliphatic rings. The fraction of sp³-hybridized carbons (Fsp3) is 0.444. The Balaban J connectivity index is 2.95. The van der Waals surface area contributed by atoms with E-state index in [0.29, 0.717) is 12.0 Å². The second kappa shape index (κ2) is 3.32. The summed E-state index contributed by atoms with van der Waals surface area (Å²) in [5, 5.41) is 27.1. The number of aliphatic hydroxyl groups is 2. The lowest BCUT2D eigenvalue weighted by Gasteiger charge is -2.23. The predicted molar refractivity (Wildman–Crippen MR) is 45.8 cm³/mol. The summed E-state index contributed by atoms with van der Waals surface area (Å²) in [7, 11) is 0. The summed E-state index contributed by atoms with van der Waals surface area (Å²) in [6.07, 6.45) is 4.03. The predicted octanol–water partition coefficient (Wildman–Crippen LogP) is 0.274. The highest BCUT2D eigenvalue weighted by atomic mass is 16.5. The molecule has 0 radical (unpaired) electrons. The Bertz CT molecular complexity index is 275. The van der Waals surface area contributed by atoms with Gasteiger partial charge in [-0.3, -0.25) is 4.79 Å². The van der Waals surface area contributed by atoms with Gasteiger partial charge in [0, 0.05) is 0 Å². The highest BCUT2D eigenvalue weighted by Gasteiger charge is 2.28. The molecule has 0 saturated carbocycles. The first-order valence-electron chi connectivity index (χ1n) is 4.05. The van der Waals surface area contributed by atoms with Crippen molar-refractivity contribution >= 4 is 5.97 Å². The van der Waals surface area contributed by atoms with Gasteiger partial charge in [-0.1, -0.05) is 18.6 Å². The van der Waals surface area contributed by atoms with E-state index >= 15 is 0 Å². The van der Waals surface area contributed by atoms with Crippen molar-refractivity contribution < 1.29 is 20.1 Å². The summed E-state index contributed by atoms with van der Waals surface area (Å²) in [4.78, 5) is 10.7. The lowest BCUT2D eigenvalue weighted by atomic mass is 9.89. The lowest BCUT2D eigenvalue weighted by Crippen LogP contribution is -2.29. The van der Waals surface area contributed by atoms with Gasteiger partial charge in [0.15, 0.2) is 0 Å². The molecule has 3 N–H and O–H groups in total. The van der Waals surface area contributed by atoms with Gasteiger partial charge in [-0.05, 0) is 18.6 Å². The molecule has 0 bridgehead atoms. The van der Waals surface area contributed by atoms with Crippen LogP contribution < -0.4 is 0 Å². The molecule has 1 aliphatic carbocycles. The summed E-state index contributed by atoms with van der Waals surface area (Å²) in [5.41, 5.74) is 0.514. The van der Waals surface area contributed by atoms with E-state index in [0.717, 1.165) is 6.08 Å². The van der Waals surface area contributed by atoms with Crippen LogP contribution in [0.4, 0.5) is 0 Å². The Kier molecular flexibility index (Phi) is 2.54. The Morgan fingerprint density at radius 2 is 2.23 bits per heavy atom. The van der Waals surface area contributed by atoms with Gasteiger partial charge in [-0.15, -0.1) is 0 Å². The van der Waals surface area contributed by atoms with E-state index in [-0.39, 0.29) is 0 Å². The molecule has 4 nitrogen and oxygen atoms in total. The van der Waals surface area contributed by atoms with Crippen LogP contribution in [0.5, 0.6) is 0 Å². The van der Waals surface area contributed by atoms with E-state index < -0.39 is 17.7 Å². The van der Waals surface area contributed by atoms with E-state index in [1.54, 1.807) is 6.92 Å². The molecule has 0 fully saturated rings. The molecule has 1 rings (SSSR count). The summed E-state index contributed by atoms with van der Waals surface area (Å²) >= 11 is 0. The number of hydrogen-bond acceptors (Lipinski definition) is 3. The van der Waals surface area contributed by atoms with Crippen LogP contribution in [0.1, 0.15) is 13.3 Å². The van der Waals surface area contributed by atoms with Crippen molar-refractivity contribution in [2.24, 2.45) is 5.92 Å². The monoisotopic (exact) mass is 184 g/mol. The molecule has 13 heavy (non-hydrogen) atoms. The highest BCUT2D eigenvalue weighted by molar-refractivity contribution is 5.76. The summed E-state index contributed by atoms with van der Waals surface area (Å²) in [5.74, 6) is -3.69. The highest BCUT2D eigenvalue weighted by Crippen LogP contribution is 2.25. The maximum atomic E-state index is 10.7. The number of carboxylic acid groups (broad SMARTS) is 1. The molecule has 1 unspecified atom stereocenters. The first-order valence-corrected chi connectivity index (χ1v) is 4.05. The average molecular weight is 184 g/mol. The van der Waals surface area contributed by atoms with E-state index in [1.807, 2.05) is 0 Å². The largest absolute Gasteiger partial charge is 0.481 e. The second-order valence-corrected chi connectivity index (χ2v) is 3.03. The first kappa shape index (κ1) is 9.95. The third-order valence-electron chi connectivity index (χ3n) is 2.01. The number of hydrogen-bond donors (Lipinski definition) is 3. The summed E-state index contributed by atoms with van der Waals surface area (Å²) in [6, 6.07) is 0. The van der Waals surface area contributed by atoms with Crippen LogP contribution in [0.2, 0.25) is 0 Å². The third kappa shape index (κ3) is 2.17. The van der Waals surface area contributed by atoms with Crippen molar-refractivity contribution in [1.82, 2.24) is 0 Å². The van der Waals surface area contributed by atoms with Gasteiger partial charge in [0.05, 0.1) is 5.92 Å². The number of carboxylic acids is 1. The standard InChI is InChI=1S/C9H12O4/c1-2-6-5-9(12,13)4-3-7(6)8(10)11/h3-5,7,12-13H,2H2,1H3,(H,10,11). The van der Waals surface area contributed by atoms with Gasteiger partial charge in [0.2, 0.25) is 5.79 Å². The zero-order valence-electron chi connectivity index (χ0n) is 7.27. The van der Waals surface area contributed by atoms with Crippen molar-refractivity contribution in [2.75, 3.05) is 0 Å². The smallest absolute Gasteiger partial charge is 0.314 e. The van der Waals surface area contributed by atoms with E-state index in [2.05, 4.69) is 0 Å². The normalized spacial score (nSPS) is 25.5. The molecule has 0 heterocycles. The minimum absolute atomic E-state index is 0.490. The van der Waals surface area contributed by atoms with Gasteiger partial charge in [0.1, 0.15) is 0 Å². The Morgan fingerprint density at radius 1 is 1.62 bits per heavy atom. The molecule has 1 atom stereocenters. The second-order valence-electron chi connectivity index (χ2n) is 3.03. The van der Waals surface area contributed by atoms with Crippen LogP contribution in [0.15, 0.2) is 23.8 Å². The van der Waals surface area contributed by atoms with Gasteiger partial charge in [0.25, 0.3) is 0 Å². The molecule has 0 saturated heterocycles. The van der Waals surface area contributed by atoms with E-state index in [9.17, 15) is 15.0 Å². The fourth-order valence-electron chi connectivity index (χ4n) is 1.34. The first-order chi connectivity index (χ1) is 5.96. The lowest BCUT2D eigenvalue weighted by molar-refractivity contribution is -0.139. The minimum atomic E-state index is -1.99. The van der Waals surface area contributed by atoms with Crippen LogP contribution >= 0.6 is 0 Å². The summed E-state index contributed by atoms with van der Waals surface area (Å²) in [6.45, 7) is 1.77. The van der Waals surface area contributed by atoms with E-state index in [1.165, 1.54) is 12.2 Å². The van der Waals surface area contributed by atoms with Crippen molar-refractivity contribution in [2.45, 2.75) is 19.1 Å². The molecule has 0 aromatic carbocycles. The van der Waals surface area contributed by atoms with Gasteiger partial charge < -0.3 is 15.3 Å². The molecule has 72 valence electrons. The van der Waals surface area contributed by atoms with Crippen LogP contribution in [0, 0.1) is 5.92 Å². The SMILES string of the molecule is CCC1=CC(O)(O)C=CC1C(=O)O. The fourth-order valence-corrected chi connectivity index (χ4v) is 1.34. The maximum absolute atomic E-state index is 10.7. The molecule has 0 aliphatic heterocycles. The van der Waals surface area contributed by atoms with Gasteiger partial charge in [-0.2, -0.15) is 0 Å². The van der Waals surface area contributed by atoms with Gasteiger partial charge in [-0.25, -0.2) is 0 Å². The van der Waals surface area contributed by atoms with Crippen molar-refractivity contribution in [3.05, 3.63) is 23.8 Å². The quantitative estimate of drug-likeness (QED) is 0.425. The number of rotatable bonds is 2. The van der Waals surface area contributed by atoms with Crippen molar-refractivity contribution in [1.29, 1.82) is 0 Å². The average Bonchev–Trinajstić information content (AvgIpc) is 2.01. The zero-order chi connectivity index (χ0) is 10.1. The molecular weight excluding hydrogens is 172 g/mol. The number of carbonyl (C=O) groups is 1. The Morgan fingerprint density at radius 3 is 2.69 bits per heavy atom. The maximum Gasteiger partial charge on any atom is 0.314 e. The van der Waals surface area contributed by atoms with Crippen LogP contribution in [-0.2, 0) is 4.79 Å². The summed E-state index contributed by atoms with van der Waals surface area (Å²) < 4.78 is 0. The van der Waals surface area contributed by atoms with Gasteiger partial charge >= 0.3 is 5.97 Å². The Hall–Kier alpha value is -1.13. The van der Waals surface area contributed by atoms with Crippen LogP contribution in [-0.4, -0.2) is 27.1 Å². The molecule has 4 heteroatoms. The van der Waals surface area contributed by atoms with Crippen molar-refractivity contribution in [3.63, 3.8) is 0 Å². The molecule has 0 aromatic heterocycles. The Labute approximate surface area is 75.8 Å².